The Kier molecular flexibility index (Phi) is 7.45. The Balaban J connectivity index is 1.62. The maximum absolute atomic E-state index is 13.9. The van der Waals surface area contributed by atoms with Gasteiger partial charge in [0.05, 0.1) is 6.61 Å². The second-order valence-corrected chi connectivity index (χ2v) is 9.81. The van der Waals surface area contributed by atoms with E-state index in [2.05, 4.69) is 6.58 Å². The molecule has 0 N–H and O–H groups in total. The molecule has 0 saturated carbocycles. The molecule has 0 unspecified atom stereocenters. The molecule has 2 aliphatic heterocycles. The minimum Gasteiger partial charge on any atom is -0.458 e. The molecule has 2 aromatic rings. The molecule has 2 aliphatic rings. The fourth-order valence-corrected chi connectivity index (χ4v) is 4.45. The van der Waals surface area contributed by atoms with E-state index in [4.69, 9.17) is 18.9 Å². The summed E-state index contributed by atoms with van der Waals surface area (Å²) in [4.78, 5) is 28.5. The zero-order valence-corrected chi connectivity index (χ0v) is 20.6. The van der Waals surface area contributed by atoms with Crippen molar-refractivity contribution in [3.63, 3.8) is 0 Å². The zero-order valence-electron chi connectivity index (χ0n) is 20.6. The van der Waals surface area contributed by atoms with Crippen LogP contribution in [-0.2, 0) is 25.7 Å². The highest BCUT2D eigenvalue weighted by Gasteiger charge is 2.42. The molecule has 0 radical (unpaired) electrons. The number of hydrogen-bond acceptors (Lipinski definition) is 6. The maximum Gasteiger partial charge on any atom is 0.329 e. The van der Waals surface area contributed by atoms with Crippen molar-refractivity contribution in [2.75, 3.05) is 13.3 Å². The molecule has 35 heavy (non-hydrogen) atoms. The minimum absolute atomic E-state index is 0.162. The lowest BCUT2D eigenvalue weighted by Gasteiger charge is -2.32. The van der Waals surface area contributed by atoms with Gasteiger partial charge in [-0.3, -0.25) is 4.79 Å². The van der Waals surface area contributed by atoms with Gasteiger partial charge in [0.1, 0.15) is 17.7 Å². The number of nitrogens with zero attached hydrogens (tertiary/aromatic N) is 1. The van der Waals surface area contributed by atoms with Crippen molar-refractivity contribution in [2.24, 2.45) is 0 Å². The van der Waals surface area contributed by atoms with Crippen LogP contribution in [0.5, 0.6) is 11.5 Å². The SMILES string of the molecule is C=C[C@H](c1ccc2c(c1)OCO2)[C@@H](OCc1ccccc1)C(=O)N1CCC[C@H]1C(=O)OC(C)(C)C. The number of likely N-dealkylation sites (tertiary alicyclic amines) is 1. The Hall–Kier alpha value is -3.32. The third-order valence-electron chi connectivity index (χ3n) is 6.09. The fourth-order valence-electron chi connectivity index (χ4n) is 4.45. The van der Waals surface area contributed by atoms with Gasteiger partial charge in [0, 0.05) is 12.5 Å². The van der Waals surface area contributed by atoms with Crippen LogP contribution >= 0.6 is 0 Å². The Bertz CT molecular complexity index is 1060. The van der Waals surface area contributed by atoms with Crippen LogP contribution in [0, 0.1) is 0 Å². The predicted octanol–water partition coefficient (Wildman–Crippen LogP) is 4.60. The van der Waals surface area contributed by atoms with Crippen molar-refractivity contribution in [3.05, 3.63) is 72.3 Å². The van der Waals surface area contributed by atoms with Gasteiger partial charge in [0.15, 0.2) is 11.5 Å². The van der Waals surface area contributed by atoms with Gasteiger partial charge in [-0.05, 0) is 56.9 Å². The Morgan fingerprint density at radius 3 is 2.60 bits per heavy atom. The molecule has 0 spiro atoms. The minimum atomic E-state index is -0.879. The average Bonchev–Trinajstić information content (AvgIpc) is 3.50. The van der Waals surface area contributed by atoms with Gasteiger partial charge >= 0.3 is 5.97 Å². The Labute approximate surface area is 206 Å². The molecule has 4 rings (SSSR count). The first-order chi connectivity index (χ1) is 16.8. The van der Waals surface area contributed by atoms with Crippen molar-refractivity contribution >= 4 is 11.9 Å². The summed E-state index contributed by atoms with van der Waals surface area (Å²) >= 11 is 0. The summed E-state index contributed by atoms with van der Waals surface area (Å²) in [6, 6.07) is 14.6. The van der Waals surface area contributed by atoms with E-state index in [1.54, 1.807) is 11.0 Å². The summed E-state index contributed by atoms with van der Waals surface area (Å²) in [5, 5.41) is 0. The highest BCUT2D eigenvalue weighted by molar-refractivity contribution is 5.88. The number of hydrogen-bond donors (Lipinski definition) is 0. The summed E-state index contributed by atoms with van der Waals surface area (Å²) in [7, 11) is 0. The number of carbonyl (C=O) groups excluding carboxylic acids is 2. The van der Waals surface area contributed by atoms with E-state index in [0.29, 0.717) is 24.5 Å². The van der Waals surface area contributed by atoms with Gasteiger partial charge < -0.3 is 23.8 Å². The Morgan fingerprint density at radius 2 is 1.89 bits per heavy atom. The van der Waals surface area contributed by atoms with Crippen molar-refractivity contribution in [1.82, 2.24) is 4.90 Å². The van der Waals surface area contributed by atoms with Crippen molar-refractivity contribution in [1.29, 1.82) is 0 Å². The molecule has 7 nitrogen and oxygen atoms in total. The highest BCUT2D eigenvalue weighted by atomic mass is 16.7. The number of esters is 1. The summed E-state index contributed by atoms with van der Waals surface area (Å²) in [6.45, 7) is 10.4. The van der Waals surface area contributed by atoms with Crippen LogP contribution in [0.4, 0.5) is 0 Å². The smallest absolute Gasteiger partial charge is 0.329 e. The molecule has 3 atom stereocenters. The molecular formula is C28H33NO6. The second kappa shape index (κ2) is 10.5. The van der Waals surface area contributed by atoms with Gasteiger partial charge in [0.25, 0.3) is 5.91 Å². The first-order valence-corrected chi connectivity index (χ1v) is 12.0. The zero-order chi connectivity index (χ0) is 25.0. The number of rotatable bonds is 8. The van der Waals surface area contributed by atoms with Gasteiger partial charge in [-0.15, -0.1) is 6.58 Å². The summed E-state index contributed by atoms with van der Waals surface area (Å²) < 4.78 is 22.9. The third kappa shape index (κ3) is 5.85. The number of fused-ring (bicyclic) bond motifs is 1. The monoisotopic (exact) mass is 479 g/mol. The fraction of sp³-hybridized carbons (Fsp3) is 0.429. The molecule has 0 bridgehead atoms. The van der Waals surface area contributed by atoms with Gasteiger partial charge in [0.2, 0.25) is 6.79 Å². The van der Waals surface area contributed by atoms with E-state index < -0.39 is 23.7 Å². The first kappa shape index (κ1) is 24.8. The van der Waals surface area contributed by atoms with E-state index in [-0.39, 0.29) is 25.3 Å². The molecule has 1 saturated heterocycles. The molecule has 2 aromatic carbocycles. The second-order valence-electron chi connectivity index (χ2n) is 9.81. The lowest BCUT2D eigenvalue weighted by Crippen LogP contribution is -2.49. The topological polar surface area (TPSA) is 74.3 Å². The van der Waals surface area contributed by atoms with Crippen LogP contribution in [-0.4, -0.2) is 47.9 Å². The standard InChI is InChI=1S/C28H33NO6/c1-5-21(20-13-14-23-24(16-20)34-18-33-23)25(32-17-19-10-7-6-8-11-19)26(30)29-15-9-12-22(29)27(31)35-28(2,3)4/h5-8,10-11,13-14,16,21-22,25H,1,9,12,15,17-18H2,2-4H3/t21-,22+,25-/m1/s1. The quantitative estimate of drug-likeness (QED) is 0.407. The van der Waals surface area contributed by atoms with Crippen LogP contribution < -0.4 is 9.47 Å². The molecule has 0 aliphatic carbocycles. The summed E-state index contributed by atoms with van der Waals surface area (Å²) in [5.41, 5.74) is 1.14. The molecule has 1 fully saturated rings. The first-order valence-electron chi connectivity index (χ1n) is 12.0. The van der Waals surface area contributed by atoms with Crippen LogP contribution in [0.15, 0.2) is 61.2 Å². The van der Waals surface area contributed by atoms with E-state index in [1.165, 1.54) is 0 Å². The van der Waals surface area contributed by atoms with Crippen molar-refractivity contribution in [3.8, 4) is 11.5 Å². The molecule has 7 heteroatoms. The van der Waals surface area contributed by atoms with Crippen LogP contribution in [0.3, 0.4) is 0 Å². The third-order valence-corrected chi connectivity index (χ3v) is 6.09. The molecule has 186 valence electrons. The number of amides is 1. The van der Waals surface area contributed by atoms with Gasteiger partial charge in [-0.25, -0.2) is 4.79 Å². The lowest BCUT2D eigenvalue weighted by atomic mass is 9.91. The van der Waals surface area contributed by atoms with Crippen LogP contribution in [0.1, 0.15) is 50.7 Å². The van der Waals surface area contributed by atoms with E-state index in [1.807, 2.05) is 69.3 Å². The lowest BCUT2D eigenvalue weighted by molar-refractivity contribution is -0.166. The van der Waals surface area contributed by atoms with Crippen molar-refractivity contribution < 1.29 is 28.5 Å². The molecule has 2 heterocycles. The molecular weight excluding hydrogens is 446 g/mol. The largest absolute Gasteiger partial charge is 0.458 e. The maximum atomic E-state index is 13.9. The number of ether oxygens (including phenoxy) is 4. The van der Waals surface area contributed by atoms with Crippen LogP contribution in [0.2, 0.25) is 0 Å². The van der Waals surface area contributed by atoms with Crippen molar-refractivity contribution in [2.45, 2.75) is 63.9 Å². The number of benzene rings is 2. The van der Waals surface area contributed by atoms with E-state index >= 15 is 0 Å². The summed E-state index contributed by atoms with van der Waals surface area (Å²) in [6.07, 6.45) is 2.12. The van der Waals surface area contributed by atoms with Gasteiger partial charge in [-0.2, -0.15) is 0 Å². The number of carbonyl (C=O) groups is 2. The van der Waals surface area contributed by atoms with E-state index in [0.717, 1.165) is 17.5 Å². The average molecular weight is 480 g/mol. The van der Waals surface area contributed by atoms with E-state index in [9.17, 15) is 9.59 Å². The summed E-state index contributed by atoms with van der Waals surface area (Å²) in [5.74, 6) is 0.187. The highest BCUT2D eigenvalue weighted by Crippen LogP contribution is 2.37. The molecule has 0 aromatic heterocycles. The molecule has 1 amide bonds. The predicted molar refractivity (Wildman–Crippen MR) is 131 cm³/mol. The Morgan fingerprint density at radius 1 is 1.14 bits per heavy atom. The normalized spacial score (nSPS) is 18.7. The van der Waals surface area contributed by atoms with Gasteiger partial charge in [-0.1, -0.05) is 42.5 Å². The van der Waals surface area contributed by atoms with Crippen LogP contribution in [0.25, 0.3) is 0 Å².